The van der Waals surface area contributed by atoms with E-state index in [1.165, 1.54) is 17.7 Å². The van der Waals surface area contributed by atoms with Crippen molar-refractivity contribution in [2.45, 2.75) is 38.8 Å². The van der Waals surface area contributed by atoms with Crippen molar-refractivity contribution < 1.29 is 4.74 Å². The third-order valence-electron chi connectivity index (χ3n) is 6.29. The molecule has 0 saturated carbocycles. The Morgan fingerprint density at radius 3 is 2.78 bits per heavy atom. The summed E-state index contributed by atoms with van der Waals surface area (Å²) in [4.78, 5) is 13.7. The highest BCUT2D eigenvalue weighted by atomic mass is 16.5. The average Bonchev–Trinajstić information content (AvgIpc) is 2.84. The first-order valence-corrected chi connectivity index (χ1v) is 11.6. The normalized spacial score (nSPS) is 20.7. The van der Waals surface area contributed by atoms with E-state index in [4.69, 9.17) is 10.6 Å². The van der Waals surface area contributed by atoms with Crippen LogP contribution in [0.15, 0.2) is 52.8 Å². The SMILES string of the molecule is Cc1cc(N2CCN(Cc3cccnc3)CC2)ccc1/C(C=NCC1CCCCO1)=N/N. The second kappa shape index (κ2) is 11.2. The van der Waals surface area contributed by atoms with Crippen molar-refractivity contribution in [3.05, 3.63) is 59.4 Å². The summed E-state index contributed by atoms with van der Waals surface area (Å²) < 4.78 is 5.75. The van der Waals surface area contributed by atoms with Crippen LogP contribution in [0.25, 0.3) is 0 Å². The first-order chi connectivity index (χ1) is 15.7. The van der Waals surface area contributed by atoms with E-state index in [2.05, 4.69) is 56.1 Å². The van der Waals surface area contributed by atoms with Crippen LogP contribution in [0.3, 0.4) is 0 Å². The molecule has 7 nitrogen and oxygen atoms in total. The van der Waals surface area contributed by atoms with Crippen LogP contribution < -0.4 is 10.7 Å². The van der Waals surface area contributed by atoms with Gasteiger partial charge < -0.3 is 15.5 Å². The summed E-state index contributed by atoms with van der Waals surface area (Å²) in [5.41, 5.74) is 5.42. The molecule has 2 saturated heterocycles. The number of piperazine rings is 1. The lowest BCUT2D eigenvalue weighted by molar-refractivity contribution is 0.0226. The van der Waals surface area contributed by atoms with E-state index < -0.39 is 0 Å². The van der Waals surface area contributed by atoms with Crippen molar-refractivity contribution in [2.75, 3.05) is 44.2 Å². The van der Waals surface area contributed by atoms with Crippen LogP contribution in [-0.2, 0) is 11.3 Å². The zero-order chi connectivity index (χ0) is 22.2. The highest BCUT2D eigenvalue weighted by Crippen LogP contribution is 2.22. The molecule has 170 valence electrons. The summed E-state index contributed by atoms with van der Waals surface area (Å²) in [5.74, 6) is 5.70. The summed E-state index contributed by atoms with van der Waals surface area (Å²) in [7, 11) is 0. The Balaban J connectivity index is 1.33. The van der Waals surface area contributed by atoms with Gasteiger partial charge in [-0.1, -0.05) is 12.1 Å². The third-order valence-corrected chi connectivity index (χ3v) is 6.29. The van der Waals surface area contributed by atoms with Crippen molar-refractivity contribution in [1.29, 1.82) is 0 Å². The summed E-state index contributed by atoms with van der Waals surface area (Å²) >= 11 is 0. The molecule has 2 aliphatic heterocycles. The molecule has 0 amide bonds. The number of rotatable bonds is 7. The maximum absolute atomic E-state index is 5.75. The van der Waals surface area contributed by atoms with Crippen LogP contribution in [-0.4, -0.2) is 67.2 Å². The number of hydrogen-bond donors (Lipinski definition) is 1. The zero-order valence-corrected chi connectivity index (χ0v) is 19.0. The van der Waals surface area contributed by atoms with Crippen LogP contribution in [0.2, 0.25) is 0 Å². The van der Waals surface area contributed by atoms with E-state index in [0.717, 1.165) is 63.3 Å². The van der Waals surface area contributed by atoms with Crippen molar-refractivity contribution in [3.8, 4) is 0 Å². The minimum absolute atomic E-state index is 0.222. The lowest BCUT2D eigenvalue weighted by atomic mass is 10.0. The number of nitrogens with two attached hydrogens (primary N) is 1. The number of hydrogen-bond acceptors (Lipinski definition) is 7. The average molecular weight is 435 g/mol. The third kappa shape index (κ3) is 5.93. The molecular weight excluding hydrogens is 400 g/mol. The molecule has 3 heterocycles. The maximum Gasteiger partial charge on any atom is 0.108 e. The molecule has 32 heavy (non-hydrogen) atoms. The van der Waals surface area contributed by atoms with Gasteiger partial charge in [0.2, 0.25) is 0 Å². The lowest BCUT2D eigenvalue weighted by Gasteiger charge is -2.36. The molecule has 1 aromatic carbocycles. The summed E-state index contributed by atoms with van der Waals surface area (Å²) in [6.07, 6.45) is 9.24. The van der Waals surface area contributed by atoms with E-state index in [0.29, 0.717) is 12.3 Å². The van der Waals surface area contributed by atoms with E-state index in [1.807, 2.05) is 18.5 Å². The van der Waals surface area contributed by atoms with Crippen LogP contribution in [0.5, 0.6) is 0 Å². The smallest absolute Gasteiger partial charge is 0.108 e. The molecule has 0 aliphatic carbocycles. The number of ether oxygens (including phenoxy) is 1. The van der Waals surface area contributed by atoms with Gasteiger partial charge in [-0.05, 0) is 55.5 Å². The number of pyridine rings is 1. The predicted octanol–water partition coefficient (Wildman–Crippen LogP) is 3.01. The first kappa shape index (κ1) is 22.4. The molecule has 0 radical (unpaired) electrons. The number of aliphatic imine (C=N–C) groups is 1. The lowest BCUT2D eigenvalue weighted by Crippen LogP contribution is -2.46. The number of anilines is 1. The van der Waals surface area contributed by atoms with Crippen LogP contribution >= 0.6 is 0 Å². The number of aromatic nitrogens is 1. The predicted molar refractivity (Wildman–Crippen MR) is 131 cm³/mol. The van der Waals surface area contributed by atoms with E-state index in [9.17, 15) is 0 Å². The van der Waals surface area contributed by atoms with Gasteiger partial charge >= 0.3 is 0 Å². The second-order valence-corrected chi connectivity index (χ2v) is 8.62. The van der Waals surface area contributed by atoms with Crippen LogP contribution in [0.4, 0.5) is 5.69 Å². The Labute approximate surface area is 191 Å². The van der Waals surface area contributed by atoms with Crippen molar-refractivity contribution in [2.24, 2.45) is 15.9 Å². The molecule has 1 atom stereocenters. The van der Waals surface area contributed by atoms with Crippen LogP contribution in [0.1, 0.15) is 36.0 Å². The van der Waals surface area contributed by atoms with Crippen molar-refractivity contribution >= 4 is 17.6 Å². The second-order valence-electron chi connectivity index (χ2n) is 8.62. The van der Waals surface area contributed by atoms with Gasteiger partial charge in [0.05, 0.1) is 12.6 Å². The Morgan fingerprint density at radius 1 is 1.22 bits per heavy atom. The Kier molecular flexibility index (Phi) is 7.85. The number of benzene rings is 1. The minimum Gasteiger partial charge on any atom is -0.376 e. The van der Waals surface area contributed by atoms with Gasteiger partial charge in [0.25, 0.3) is 0 Å². The number of aryl methyl sites for hydroxylation is 1. The molecule has 2 N–H and O–H groups in total. The van der Waals surface area contributed by atoms with E-state index in [-0.39, 0.29) is 6.10 Å². The molecule has 0 bridgehead atoms. The number of nitrogens with zero attached hydrogens (tertiary/aromatic N) is 5. The standard InChI is InChI=1S/C25H34N6O/c1-20-15-22(31-12-10-30(11-13-31)19-21-5-4-9-27-16-21)7-8-24(20)25(29-26)18-28-17-23-6-2-3-14-32-23/h4-5,7-9,15-16,18,23H,2-3,6,10-14,17,19,26H2,1H3/b28-18?,29-25+. The quantitative estimate of drug-likeness (QED) is 0.412. The van der Waals surface area contributed by atoms with Gasteiger partial charge in [-0.15, -0.1) is 0 Å². The van der Waals surface area contributed by atoms with Gasteiger partial charge in [-0.2, -0.15) is 5.10 Å². The molecule has 2 aromatic rings. The van der Waals surface area contributed by atoms with E-state index >= 15 is 0 Å². The van der Waals surface area contributed by atoms with Gasteiger partial charge in [0, 0.05) is 69.2 Å². The largest absolute Gasteiger partial charge is 0.376 e. The molecule has 1 unspecified atom stereocenters. The molecule has 1 aromatic heterocycles. The summed E-state index contributed by atoms with van der Waals surface area (Å²) in [6, 6.07) is 10.7. The molecule has 0 spiro atoms. The molecule has 7 heteroatoms. The maximum atomic E-state index is 5.75. The highest BCUT2D eigenvalue weighted by Gasteiger charge is 2.18. The van der Waals surface area contributed by atoms with Gasteiger partial charge in [0.1, 0.15) is 5.71 Å². The summed E-state index contributed by atoms with van der Waals surface area (Å²) in [5, 5.41) is 3.99. The zero-order valence-electron chi connectivity index (χ0n) is 19.0. The fourth-order valence-corrected chi connectivity index (χ4v) is 4.43. The van der Waals surface area contributed by atoms with Gasteiger partial charge in [-0.25, -0.2) is 0 Å². The minimum atomic E-state index is 0.222. The monoisotopic (exact) mass is 434 g/mol. The highest BCUT2D eigenvalue weighted by molar-refractivity contribution is 6.38. The number of hydrazone groups is 1. The van der Waals surface area contributed by atoms with Crippen molar-refractivity contribution in [1.82, 2.24) is 9.88 Å². The molecular formula is C25H34N6O. The molecule has 4 rings (SSSR count). The van der Waals surface area contributed by atoms with E-state index in [1.54, 1.807) is 6.21 Å². The fraction of sp³-hybridized carbons (Fsp3) is 0.480. The fourth-order valence-electron chi connectivity index (χ4n) is 4.43. The van der Waals surface area contributed by atoms with Gasteiger partial charge in [-0.3, -0.25) is 14.9 Å². The van der Waals surface area contributed by atoms with Crippen molar-refractivity contribution in [3.63, 3.8) is 0 Å². The Hall–Kier alpha value is -2.77. The Morgan fingerprint density at radius 2 is 2.09 bits per heavy atom. The van der Waals surface area contributed by atoms with Gasteiger partial charge in [0.15, 0.2) is 0 Å². The summed E-state index contributed by atoms with van der Waals surface area (Å²) in [6.45, 7) is 8.69. The molecule has 2 fully saturated rings. The first-order valence-electron chi connectivity index (χ1n) is 11.6. The molecule has 2 aliphatic rings. The Bertz CT molecular complexity index is 915. The topological polar surface area (TPSA) is 79.3 Å². The van der Waals surface area contributed by atoms with Crippen LogP contribution in [0, 0.1) is 6.92 Å².